The van der Waals surface area contributed by atoms with E-state index >= 15 is 0 Å². The Balaban J connectivity index is 1.32. The molecule has 0 atom stereocenters. The lowest BCUT2D eigenvalue weighted by atomic mass is 9.97. The van der Waals surface area contributed by atoms with E-state index in [4.69, 9.17) is 0 Å². The minimum atomic E-state index is -0.0826. The third-order valence-corrected chi connectivity index (χ3v) is 5.53. The molecule has 2 aromatic carbocycles. The van der Waals surface area contributed by atoms with Crippen LogP contribution in [0.2, 0.25) is 0 Å². The number of rotatable bonds is 6. The molecule has 0 saturated heterocycles. The Morgan fingerprint density at radius 3 is 2.94 bits per heavy atom. The molecule has 2 heterocycles. The van der Waals surface area contributed by atoms with E-state index < -0.39 is 0 Å². The van der Waals surface area contributed by atoms with Gasteiger partial charge in [-0.05, 0) is 72.9 Å². The van der Waals surface area contributed by atoms with Gasteiger partial charge in [0.2, 0.25) is 5.65 Å². The molecule has 2 aromatic heterocycles. The standard InChI is InChI=1S/C23H23N7O/c31-23(24-14-13-16-7-2-1-3-8-16)17-9-6-10-18(15-17)25-21-22-27-28-29-30(22)20-12-5-4-11-19(20)26-21/h4-7,9-12,15H,1-3,8,13-14H2,(H,24,31)(H,25,26). The largest absolute Gasteiger partial charge is 0.352 e. The molecule has 31 heavy (non-hydrogen) atoms. The van der Waals surface area contributed by atoms with E-state index in [0.29, 0.717) is 23.6 Å². The zero-order valence-electron chi connectivity index (χ0n) is 17.1. The van der Waals surface area contributed by atoms with Crippen molar-refractivity contribution < 1.29 is 4.79 Å². The molecule has 156 valence electrons. The summed E-state index contributed by atoms with van der Waals surface area (Å²) >= 11 is 0. The van der Waals surface area contributed by atoms with E-state index in [1.807, 2.05) is 48.5 Å². The molecule has 0 fully saturated rings. The van der Waals surface area contributed by atoms with Gasteiger partial charge < -0.3 is 10.6 Å². The number of aromatic nitrogens is 5. The number of carbonyl (C=O) groups excluding carboxylic acids is 1. The Kier molecular flexibility index (Phi) is 5.26. The van der Waals surface area contributed by atoms with Crippen molar-refractivity contribution in [3.8, 4) is 0 Å². The molecule has 1 aliphatic carbocycles. The highest BCUT2D eigenvalue weighted by atomic mass is 16.1. The van der Waals surface area contributed by atoms with Gasteiger partial charge in [0.05, 0.1) is 11.0 Å². The molecule has 8 nitrogen and oxygen atoms in total. The molecule has 0 radical (unpaired) electrons. The number of hydrogen-bond acceptors (Lipinski definition) is 6. The van der Waals surface area contributed by atoms with E-state index in [1.165, 1.54) is 18.4 Å². The fraction of sp³-hybridized carbons (Fsp3) is 0.261. The number of benzene rings is 2. The maximum Gasteiger partial charge on any atom is 0.251 e. The highest BCUT2D eigenvalue weighted by Gasteiger charge is 2.13. The monoisotopic (exact) mass is 413 g/mol. The maximum atomic E-state index is 12.6. The van der Waals surface area contributed by atoms with Gasteiger partial charge in [-0.1, -0.05) is 29.8 Å². The number of tetrazole rings is 1. The van der Waals surface area contributed by atoms with Gasteiger partial charge in [-0.25, -0.2) is 4.98 Å². The molecule has 0 unspecified atom stereocenters. The van der Waals surface area contributed by atoms with Crippen LogP contribution in [-0.2, 0) is 0 Å². The van der Waals surface area contributed by atoms with Gasteiger partial charge in [-0.15, -0.1) is 5.10 Å². The smallest absolute Gasteiger partial charge is 0.251 e. The highest BCUT2D eigenvalue weighted by Crippen LogP contribution is 2.23. The number of amides is 1. The number of anilines is 2. The molecule has 8 heteroatoms. The second-order valence-electron chi connectivity index (χ2n) is 7.68. The zero-order chi connectivity index (χ0) is 21.0. The summed E-state index contributed by atoms with van der Waals surface area (Å²) in [5.41, 5.74) is 4.92. The Morgan fingerprint density at radius 1 is 1.10 bits per heavy atom. The Hall–Kier alpha value is -3.81. The number of nitrogens with one attached hydrogen (secondary N) is 2. The van der Waals surface area contributed by atoms with Crippen LogP contribution < -0.4 is 10.6 Å². The first-order chi connectivity index (χ1) is 15.3. The van der Waals surface area contributed by atoms with Crippen LogP contribution in [0.3, 0.4) is 0 Å². The minimum absolute atomic E-state index is 0.0826. The second-order valence-corrected chi connectivity index (χ2v) is 7.68. The average molecular weight is 413 g/mol. The van der Waals surface area contributed by atoms with E-state index in [0.717, 1.165) is 36.0 Å². The first-order valence-corrected chi connectivity index (χ1v) is 10.6. The fourth-order valence-electron chi connectivity index (χ4n) is 3.93. The molecule has 0 bridgehead atoms. The molecule has 5 rings (SSSR count). The summed E-state index contributed by atoms with van der Waals surface area (Å²) in [5.74, 6) is 0.450. The maximum absolute atomic E-state index is 12.6. The zero-order valence-corrected chi connectivity index (χ0v) is 17.1. The predicted molar refractivity (Wildman–Crippen MR) is 119 cm³/mol. The van der Waals surface area contributed by atoms with Crippen molar-refractivity contribution in [2.24, 2.45) is 0 Å². The first-order valence-electron chi connectivity index (χ1n) is 10.6. The molecule has 4 aromatic rings. The molecule has 2 N–H and O–H groups in total. The van der Waals surface area contributed by atoms with Gasteiger partial charge in [0.25, 0.3) is 5.91 Å². The predicted octanol–water partition coefficient (Wildman–Crippen LogP) is 4.04. The summed E-state index contributed by atoms with van der Waals surface area (Å²) in [6.45, 7) is 0.653. The molecule has 0 saturated carbocycles. The van der Waals surface area contributed by atoms with Crippen LogP contribution in [0.25, 0.3) is 16.7 Å². The van der Waals surface area contributed by atoms with Crippen LogP contribution in [0.1, 0.15) is 42.5 Å². The Bertz CT molecular complexity index is 1280. The molecule has 0 spiro atoms. The Morgan fingerprint density at radius 2 is 2.03 bits per heavy atom. The number of fused-ring (bicyclic) bond motifs is 3. The summed E-state index contributed by atoms with van der Waals surface area (Å²) in [6, 6.07) is 15.0. The topological polar surface area (TPSA) is 97.1 Å². The lowest BCUT2D eigenvalue weighted by molar-refractivity contribution is 0.0954. The van der Waals surface area contributed by atoms with Crippen molar-refractivity contribution >= 4 is 34.1 Å². The normalized spacial score (nSPS) is 13.9. The highest BCUT2D eigenvalue weighted by molar-refractivity contribution is 5.95. The van der Waals surface area contributed by atoms with Crippen LogP contribution in [0.15, 0.2) is 60.2 Å². The number of nitrogens with zero attached hydrogens (tertiary/aromatic N) is 5. The van der Waals surface area contributed by atoms with Crippen LogP contribution in [-0.4, -0.2) is 37.5 Å². The van der Waals surface area contributed by atoms with Crippen molar-refractivity contribution in [1.82, 2.24) is 30.3 Å². The van der Waals surface area contributed by atoms with E-state index in [2.05, 4.69) is 37.2 Å². The summed E-state index contributed by atoms with van der Waals surface area (Å²) in [6.07, 6.45) is 8.08. The lowest BCUT2D eigenvalue weighted by Gasteiger charge is -2.13. The summed E-state index contributed by atoms with van der Waals surface area (Å²) in [4.78, 5) is 17.3. The quantitative estimate of drug-likeness (QED) is 0.463. The van der Waals surface area contributed by atoms with Gasteiger partial charge in [-0.3, -0.25) is 4.79 Å². The third-order valence-electron chi connectivity index (χ3n) is 5.53. The van der Waals surface area contributed by atoms with E-state index in [9.17, 15) is 4.79 Å². The van der Waals surface area contributed by atoms with Crippen molar-refractivity contribution in [2.75, 3.05) is 11.9 Å². The molecule has 1 aliphatic rings. The summed E-state index contributed by atoms with van der Waals surface area (Å²) < 4.78 is 1.65. The van der Waals surface area contributed by atoms with E-state index in [1.54, 1.807) is 4.52 Å². The minimum Gasteiger partial charge on any atom is -0.352 e. The van der Waals surface area contributed by atoms with Gasteiger partial charge in [-0.2, -0.15) is 4.52 Å². The van der Waals surface area contributed by atoms with Crippen molar-refractivity contribution in [3.63, 3.8) is 0 Å². The average Bonchev–Trinajstić information content (AvgIpc) is 3.31. The number of carbonyl (C=O) groups is 1. The number of para-hydroxylation sites is 2. The van der Waals surface area contributed by atoms with Gasteiger partial charge in [0, 0.05) is 17.8 Å². The Labute approximate surface area is 179 Å². The molecule has 1 amide bonds. The van der Waals surface area contributed by atoms with Crippen LogP contribution in [0, 0.1) is 0 Å². The van der Waals surface area contributed by atoms with Crippen molar-refractivity contribution in [1.29, 1.82) is 0 Å². The second kappa shape index (κ2) is 8.51. The van der Waals surface area contributed by atoms with Crippen LogP contribution in [0.5, 0.6) is 0 Å². The van der Waals surface area contributed by atoms with E-state index in [-0.39, 0.29) is 5.91 Å². The number of hydrogen-bond donors (Lipinski definition) is 2. The lowest BCUT2D eigenvalue weighted by Crippen LogP contribution is -2.24. The van der Waals surface area contributed by atoms with Gasteiger partial charge in [0.1, 0.15) is 0 Å². The van der Waals surface area contributed by atoms with Crippen LogP contribution in [0.4, 0.5) is 11.5 Å². The van der Waals surface area contributed by atoms with Crippen LogP contribution >= 0.6 is 0 Å². The van der Waals surface area contributed by atoms with Crippen molar-refractivity contribution in [3.05, 3.63) is 65.7 Å². The van der Waals surface area contributed by atoms with Gasteiger partial charge in [0.15, 0.2) is 5.82 Å². The molecular weight excluding hydrogens is 390 g/mol. The molecule has 0 aliphatic heterocycles. The molecular formula is C23H23N7O. The SMILES string of the molecule is O=C(NCCC1=CCCCC1)c1cccc(Nc2nc3ccccc3n3nnnc23)c1. The summed E-state index contributed by atoms with van der Waals surface area (Å²) in [5, 5.41) is 18.3. The first kappa shape index (κ1) is 19.2. The van der Waals surface area contributed by atoms with Gasteiger partial charge >= 0.3 is 0 Å². The van der Waals surface area contributed by atoms with Crippen molar-refractivity contribution in [2.45, 2.75) is 32.1 Å². The number of allylic oxidation sites excluding steroid dienone is 1. The summed E-state index contributed by atoms with van der Waals surface area (Å²) in [7, 11) is 0. The third kappa shape index (κ3) is 4.09. The fourth-order valence-corrected chi connectivity index (χ4v) is 3.93.